The molecule has 7 heteroatoms. The Kier molecular flexibility index (Phi) is 4.09. The van der Waals surface area contributed by atoms with Crippen molar-refractivity contribution in [1.29, 1.82) is 0 Å². The van der Waals surface area contributed by atoms with Crippen LogP contribution < -0.4 is 5.32 Å². The normalized spacial score (nSPS) is 12.1. The van der Waals surface area contributed by atoms with Crippen LogP contribution in [0.3, 0.4) is 0 Å². The number of carbonyl (C=O) groups is 2. The van der Waals surface area contributed by atoms with Crippen molar-refractivity contribution >= 4 is 18.1 Å². The highest BCUT2D eigenvalue weighted by atomic mass is 16.6. The Morgan fingerprint density at radius 1 is 1.50 bits per heavy atom. The van der Waals surface area contributed by atoms with Gasteiger partial charge in [0, 0.05) is 6.08 Å². The zero-order chi connectivity index (χ0) is 13.8. The molecule has 1 amide bonds. The van der Waals surface area contributed by atoms with Gasteiger partial charge in [0.05, 0.1) is 6.20 Å². The van der Waals surface area contributed by atoms with E-state index in [9.17, 15) is 9.59 Å². The molecular weight excluding hydrogens is 240 g/mol. The molecule has 0 aliphatic carbocycles. The largest absolute Gasteiger partial charge is 0.477 e. The molecule has 98 valence electrons. The maximum atomic E-state index is 11.4. The molecule has 0 bridgehead atoms. The van der Waals surface area contributed by atoms with Crippen molar-refractivity contribution in [2.75, 3.05) is 0 Å². The monoisotopic (exact) mass is 254 g/mol. The lowest BCUT2D eigenvalue weighted by molar-refractivity contribution is -0.133. The molecule has 0 radical (unpaired) electrons. The summed E-state index contributed by atoms with van der Waals surface area (Å²) in [5.74, 6) is -1.25. The maximum absolute atomic E-state index is 11.4. The Morgan fingerprint density at radius 3 is 2.61 bits per heavy atom. The third-order valence-electron chi connectivity index (χ3n) is 1.59. The van der Waals surface area contributed by atoms with Crippen LogP contribution in [0.4, 0.5) is 4.79 Å². The summed E-state index contributed by atoms with van der Waals surface area (Å²) >= 11 is 0. The second-order valence-electron chi connectivity index (χ2n) is 4.36. The number of ether oxygens (including phenoxy) is 1. The second-order valence-corrected chi connectivity index (χ2v) is 4.36. The van der Waals surface area contributed by atoms with Crippen LogP contribution in [0, 0.1) is 0 Å². The zero-order valence-electron chi connectivity index (χ0n) is 10.3. The molecule has 1 aromatic rings. The molecule has 0 fully saturated rings. The van der Waals surface area contributed by atoms with Gasteiger partial charge < -0.3 is 14.3 Å². The number of aliphatic carboxylic acids is 1. The molecule has 0 aliphatic heterocycles. The van der Waals surface area contributed by atoms with Crippen LogP contribution in [0.5, 0.6) is 0 Å². The number of nitrogens with zero attached hydrogens (tertiary/aromatic N) is 1. The number of hydrogen-bond acceptors (Lipinski definition) is 5. The van der Waals surface area contributed by atoms with E-state index in [-0.39, 0.29) is 11.6 Å². The molecule has 0 aromatic carbocycles. The van der Waals surface area contributed by atoms with E-state index in [1.165, 1.54) is 12.5 Å². The smallest absolute Gasteiger partial charge is 0.412 e. The molecular formula is C11H14N2O5. The van der Waals surface area contributed by atoms with Gasteiger partial charge in [-0.2, -0.15) is 0 Å². The van der Waals surface area contributed by atoms with E-state index in [0.717, 1.165) is 6.08 Å². The van der Waals surface area contributed by atoms with E-state index in [1.807, 2.05) is 0 Å². The third-order valence-corrected chi connectivity index (χ3v) is 1.59. The number of rotatable bonds is 3. The molecule has 1 heterocycles. The van der Waals surface area contributed by atoms with Crippen molar-refractivity contribution < 1.29 is 23.8 Å². The quantitative estimate of drug-likeness (QED) is 0.795. The first kappa shape index (κ1) is 13.8. The molecule has 0 saturated heterocycles. The minimum Gasteiger partial charge on any atom is -0.477 e. The summed E-state index contributed by atoms with van der Waals surface area (Å²) in [6, 6.07) is 0. The Balaban J connectivity index is 2.76. The fraction of sp³-hybridized carbons (Fsp3) is 0.364. The highest BCUT2D eigenvalue weighted by molar-refractivity contribution is 5.94. The van der Waals surface area contributed by atoms with Gasteiger partial charge in [-0.25, -0.2) is 14.6 Å². The first-order valence-electron chi connectivity index (χ1n) is 5.12. The fourth-order valence-electron chi connectivity index (χ4n) is 0.994. The van der Waals surface area contributed by atoms with Crippen molar-refractivity contribution in [2.45, 2.75) is 26.4 Å². The Morgan fingerprint density at radius 2 is 2.17 bits per heavy atom. The van der Waals surface area contributed by atoms with Crippen molar-refractivity contribution in [2.24, 2.45) is 0 Å². The molecule has 0 spiro atoms. The number of amides is 1. The van der Waals surface area contributed by atoms with Crippen LogP contribution in [0.15, 0.2) is 22.6 Å². The van der Waals surface area contributed by atoms with Crippen LogP contribution in [0.25, 0.3) is 6.08 Å². The highest BCUT2D eigenvalue weighted by Crippen LogP contribution is 2.08. The van der Waals surface area contributed by atoms with E-state index in [1.54, 1.807) is 20.8 Å². The molecule has 0 unspecified atom stereocenters. The third kappa shape index (κ3) is 4.69. The van der Waals surface area contributed by atoms with Crippen molar-refractivity contribution in [1.82, 2.24) is 10.3 Å². The first-order valence-corrected chi connectivity index (χ1v) is 5.12. The van der Waals surface area contributed by atoms with Crippen LogP contribution >= 0.6 is 0 Å². The summed E-state index contributed by atoms with van der Waals surface area (Å²) in [6.45, 7) is 5.01. The van der Waals surface area contributed by atoms with Crippen LogP contribution in [0.1, 0.15) is 26.7 Å². The number of nitrogens with one attached hydrogen (secondary N) is 1. The molecule has 0 saturated carbocycles. The lowest BCUT2D eigenvalue weighted by Gasteiger charge is -2.19. The topological polar surface area (TPSA) is 102 Å². The highest BCUT2D eigenvalue weighted by Gasteiger charge is 2.19. The Bertz CT molecular complexity index is 456. The van der Waals surface area contributed by atoms with Crippen molar-refractivity contribution in [3.63, 3.8) is 0 Å². The van der Waals surface area contributed by atoms with Crippen LogP contribution in [-0.4, -0.2) is 27.8 Å². The van der Waals surface area contributed by atoms with Gasteiger partial charge >= 0.3 is 12.1 Å². The summed E-state index contributed by atoms with van der Waals surface area (Å²) in [5, 5.41) is 11.0. The molecule has 0 atom stereocenters. The van der Waals surface area contributed by atoms with Gasteiger partial charge in [-0.3, -0.25) is 5.32 Å². The van der Waals surface area contributed by atoms with Crippen molar-refractivity contribution in [3.05, 3.63) is 24.0 Å². The van der Waals surface area contributed by atoms with Gasteiger partial charge in [-0.1, -0.05) is 0 Å². The number of aromatic nitrogens is 1. The number of oxazole rings is 1. The SMILES string of the molecule is CC(C)(C)OC(=O)N/C(=C/c1ncco1)C(=O)O. The Hall–Kier alpha value is -2.31. The summed E-state index contributed by atoms with van der Waals surface area (Å²) in [5.41, 5.74) is -1.09. The van der Waals surface area contributed by atoms with Crippen molar-refractivity contribution in [3.8, 4) is 0 Å². The second kappa shape index (κ2) is 5.35. The van der Waals surface area contributed by atoms with Gasteiger partial charge in [0.25, 0.3) is 0 Å². The van der Waals surface area contributed by atoms with Crippen LogP contribution in [-0.2, 0) is 9.53 Å². The number of carboxylic acid groups (broad SMARTS) is 1. The van der Waals surface area contributed by atoms with E-state index in [4.69, 9.17) is 14.3 Å². The summed E-state index contributed by atoms with van der Waals surface area (Å²) < 4.78 is 9.79. The molecule has 2 N–H and O–H groups in total. The van der Waals surface area contributed by atoms with Gasteiger partial charge in [0.1, 0.15) is 17.6 Å². The fourth-order valence-corrected chi connectivity index (χ4v) is 0.994. The summed E-state index contributed by atoms with van der Waals surface area (Å²) in [6.07, 6.45) is 2.88. The van der Waals surface area contributed by atoms with Crippen LogP contribution in [0.2, 0.25) is 0 Å². The minimum absolute atomic E-state index is 0.0726. The zero-order valence-corrected chi connectivity index (χ0v) is 10.3. The van der Waals surface area contributed by atoms with E-state index < -0.39 is 17.7 Å². The standard InChI is InChI=1S/C11H14N2O5/c1-11(2,3)18-10(16)13-7(9(14)15)6-8-12-4-5-17-8/h4-6H,1-3H3,(H,13,16)(H,14,15)/b7-6+. The van der Waals surface area contributed by atoms with E-state index >= 15 is 0 Å². The molecule has 0 aliphatic rings. The molecule has 1 aromatic heterocycles. The lowest BCUT2D eigenvalue weighted by Crippen LogP contribution is -2.34. The average molecular weight is 254 g/mol. The molecule has 1 rings (SSSR count). The van der Waals surface area contributed by atoms with E-state index in [0.29, 0.717) is 0 Å². The summed E-state index contributed by atoms with van der Waals surface area (Å²) in [7, 11) is 0. The number of hydrogen-bond donors (Lipinski definition) is 2. The minimum atomic E-state index is -1.32. The predicted molar refractivity (Wildman–Crippen MR) is 61.5 cm³/mol. The van der Waals surface area contributed by atoms with E-state index in [2.05, 4.69) is 10.3 Å². The molecule has 7 nitrogen and oxygen atoms in total. The predicted octanol–water partition coefficient (Wildman–Crippen LogP) is 1.62. The van der Waals surface area contributed by atoms with Gasteiger partial charge in [-0.15, -0.1) is 0 Å². The first-order chi connectivity index (χ1) is 8.28. The number of carboxylic acids is 1. The lowest BCUT2D eigenvalue weighted by atomic mass is 10.2. The van der Waals surface area contributed by atoms with Gasteiger partial charge in [-0.05, 0) is 20.8 Å². The number of carbonyl (C=O) groups excluding carboxylic acids is 1. The summed E-state index contributed by atoms with van der Waals surface area (Å²) in [4.78, 5) is 26.1. The maximum Gasteiger partial charge on any atom is 0.412 e. The molecule has 18 heavy (non-hydrogen) atoms. The number of alkyl carbamates (subject to hydrolysis) is 1. The average Bonchev–Trinajstić information content (AvgIpc) is 2.66. The Labute approximate surface area is 103 Å². The van der Waals surface area contributed by atoms with Gasteiger partial charge in [0.15, 0.2) is 0 Å². The van der Waals surface area contributed by atoms with Gasteiger partial charge in [0.2, 0.25) is 5.89 Å².